The summed E-state index contributed by atoms with van der Waals surface area (Å²) in [5.41, 5.74) is 2.76. The lowest BCUT2D eigenvalue weighted by molar-refractivity contribution is -0.116. The van der Waals surface area contributed by atoms with E-state index >= 15 is 0 Å². The van der Waals surface area contributed by atoms with Crippen LogP contribution in [-0.4, -0.2) is 31.8 Å². The summed E-state index contributed by atoms with van der Waals surface area (Å²) in [6, 6.07) is 6.68. The molecule has 0 spiro atoms. The highest BCUT2D eigenvalue weighted by Crippen LogP contribution is 2.28. The Balaban J connectivity index is 1.70. The van der Waals surface area contributed by atoms with E-state index in [0.717, 1.165) is 11.1 Å². The van der Waals surface area contributed by atoms with Crippen LogP contribution < -0.4 is 5.32 Å². The van der Waals surface area contributed by atoms with Gasteiger partial charge in [-0.2, -0.15) is 0 Å². The van der Waals surface area contributed by atoms with E-state index in [9.17, 15) is 19.8 Å². The van der Waals surface area contributed by atoms with E-state index in [4.69, 9.17) is 4.52 Å². The fourth-order valence-electron chi connectivity index (χ4n) is 3.15. The van der Waals surface area contributed by atoms with Crippen LogP contribution in [0.2, 0.25) is 0 Å². The quantitative estimate of drug-likeness (QED) is 0.533. The number of aryl methyl sites for hydroxylation is 2. The number of aromatic carboxylic acids is 1. The molecule has 3 aromatic rings. The maximum Gasteiger partial charge on any atom is 0.339 e. The van der Waals surface area contributed by atoms with Crippen LogP contribution in [-0.2, 0) is 24.2 Å². The largest absolute Gasteiger partial charge is 0.508 e. The molecular weight excluding hydrogens is 374 g/mol. The van der Waals surface area contributed by atoms with Crippen molar-refractivity contribution in [1.29, 1.82) is 0 Å². The Morgan fingerprint density at radius 3 is 2.52 bits per heavy atom. The number of hydrogen-bond acceptors (Lipinski definition) is 5. The number of aromatic hydroxyl groups is 1. The number of carboxylic acid groups (broad SMARTS) is 1. The molecule has 152 valence electrons. The van der Waals surface area contributed by atoms with Gasteiger partial charge in [-0.05, 0) is 37.6 Å². The Morgan fingerprint density at radius 1 is 1.17 bits per heavy atom. The van der Waals surface area contributed by atoms with Gasteiger partial charge in [-0.3, -0.25) is 4.79 Å². The van der Waals surface area contributed by atoms with Crippen LogP contribution in [0.25, 0.3) is 11.3 Å². The number of carbonyl (C=O) groups is 2. The zero-order valence-corrected chi connectivity index (χ0v) is 16.3. The van der Waals surface area contributed by atoms with Gasteiger partial charge in [0.15, 0.2) is 0 Å². The highest BCUT2D eigenvalue weighted by Gasteiger charge is 2.19. The molecule has 1 amide bonds. The van der Waals surface area contributed by atoms with Gasteiger partial charge < -0.3 is 24.6 Å². The SMILES string of the molecule is CCc1c(-c2ccc(O)cc2)noc1CCC(=O)Nc1cn(CC)cc1C(=O)O. The first-order chi connectivity index (χ1) is 13.9. The van der Waals surface area contributed by atoms with E-state index in [0.29, 0.717) is 30.8 Å². The topological polar surface area (TPSA) is 118 Å². The number of phenols is 1. The third kappa shape index (κ3) is 4.48. The normalized spacial score (nSPS) is 10.8. The van der Waals surface area contributed by atoms with Gasteiger partial charge >= 0.3 is 5.97 Å². The fourth-order valence-corrected chi connectivity index (χ4v) is 3.15. The number of hydrogen-bond donors (Lipinski definition) is 3. The molecule has 29 heavy (non-hydrogen) atoms. The first-order valence-corrected chi connectivity index (χ1v) is 9.42. The zero-order valence-electron chi connectivity index (χ0n) is 16.3. The molecular formula is C21H23N3O5. The maximum atomic E-state index is 12.4. The zero-order chi connectivity index (χ0) is 21.0. The molecule has 0 radical (unpaired) electrons. The van der Waals surface area contributed by atoms with Gasteiger partial charge in [0.2, 0.25) is 5.91 Å². The van der Waals surface area contributed by atoms with Crippen molar-refractivity contribution in [2.24, 2.45) is 0 Å². The minimum atomic E-state index is -1.09. The first kappa shape index (κ1) is 20.2. The molecule has 8 nitrogen and oxygen atoms in total. The van der Waals surface area contributed by atoms with Crippen molar-refractivity contribution in [3.8, 4) is 17.0 Å². The Labute approximate surface area is 167 Å². The summed E-state index contributed by atoms with van der Waals surface area (Å²) < 4.78 is 7.17. The molecule has 0 atom stereocenters. The molecule has 0 saturated carbocycles. The van der Waals surface area contributed by atoms with Crippen molar-refractivity contribution in [2.75, 3.05) is 5.32 Å². The lowest BCUT2D eigenvalue weighted by Crippen LogP contribution is -2.14. The third-order valence-electron chi connectivity index (χ3n) is 4.69. The molecule has 0 saturated heterocycles. The Morgan fingerprint density at radius 2 is 1.90 bits per heavy atom. The van der Waals surface area contributed by atoms with Crippen LogP contribution in [0.15, 0.2) is 41.2 Å². The number of nitrogens with one attached hydrogen (secondary N) is 1. The van der Waals surface area contributed by atoms with Crippen molar-refractivity contribution in [2.45, 2.75) is 39.7 Å². The first-order valence-electron chi connectivity index (χ1n) is 9.42. The van der Waals surface area contributed by atoms with Gasteiger partial charge in [-0.1, -0.05) is 12.1 Å². The van der Waals surface area contributed by atoms with E-state index in [1.807, 2.05) is 13.8 Å². The average Bonchev–Trinajstić information content (AvgIpc) is 3.30. The van der Waals surface area contributed by atoms with Crippen LogP contribution >= 0.6 is 0 Å². The predicted octanol–water partition coefficient (Wildman–Crippen LogP) is 3.70. The van der Waals surface area contributed by atoms with Gasteiger partial charge in [0.1, 0.15) is 22.8 Å². The molecule has 0 unspecified atom stereocenters. The van der Waals surface area contributed by atoms with E-state index in [1.165, 1.54) is 6.20 Å². The summed E-state index contributed by atoms with van der Waals surface area (Å²) in [4.78, 5) is 23.7. The number of anilines is 1. The molecule has 0 aliphatic rings. The minimum Gasteiger partial charge on any atom is -0.508 e. The summed E-state index contributed by atoms with van der Waals surface area (Å²) >= 11 is 0. The Kier molecular flexibility index (Phi) is 6.01. The van der Waals surface area contributed by atoms with Crippen LogP contribution in [0, 0.1) is 0 Å². The summed E-state index contributed by atoms with van der Waals surface area (Å²) in [6.45, 7) is 4.47. The van der Waals surface area contributed by atoms with Gasteiger partial charge in [-0.25, -0.2) is 4.79 Å². The Bertz CT molecular complexity index is 1020. The number of nitrogens with zero attached hydrogens (tertiary/aromatic N) is 2. The number of amides is 1. The summed E-state index contributed by atoms with van der Waals surface area (Å²) in [5, 5.41) is 25.5. The molecule has 0 aliphatic heterocycles. The molecule has 2 aromatic heterocycles. The van der Waals surface area contributed by atoms with Gasteiger partial charge in [-0.15, -0.1) is 0 Å². The van der Waals surface area contributed by atoms with Crippen molar-refractivity contribution >= 4 is 17.6 Å². The van der Waals surface area contributed by atoms with Gasteiger partial charge in [0, 0.05) is 42.9 Å². The Hall–Kier alpha value is -3.55. The number of benzene rings is 1. The van der Waals surface area contributed by atoms with Crippen molar-refractivity contribution in [1.82, 2.24) is 9.72 Å². The molecule has 0 aliphatic carbocycles. The summed E-state index contributed by atoms with van der Waals surface area (Å²) in [6.07, 6.45) is 4.26. The highest BCUT2D eigenvalue weighted by molar-refractivity contribution is 6.00. The van der Waals surface area contributed by atoms with Crippen molar-refractivity contribution in [3.05, 3.63) is 53.5 Å². The van der Waals surface area contributed by atoms with Crippen molar-refractivity contribution < 1.29 is 24.3 Å². The third-order valence-corrected chi connectivity index (χ3v) is 4.69. The molecule has 8 heteroatoms. The van der Waals surface area contributed by atoms with E-state index in [2.05, 4.69) is 10.5 Å². The van der Waals surface area contributed by atoms with Crippen LogP contribution in [0.4, 0.5) is 5.69 Å². The lowest BCUT2D eigenvalue weighted by Gasteiger charge is -2.05. The lowest BCUT2D eigenvalue weighted by atomic mass is 10.0. The molecule has 2 heterocycles. The van der Waals surface area contributed by atoms with Gasteiger partial charge in [0.25, 0.3) is 0 Å². The molecule has 3 rings (SSSR count). The second-order valence-corrected chi connectivity index (χ2v) is 6.60. The van der Waals surface area contributed by atoms with Crippen LogP contribution in [0.1, 0.15) is 41.9 Å². The summed E-state index contributed by atoms with van der Waals surface area (Å²) in [5.74, 6) is -0.597. The smallest absolute Gasteiger partial charge is 0.339 e. The maximum absolute atomic E-state index is 12.4. The molecule has 1 aromatic carbocycles. The monoisotopic (exact) mass is 397 g/mol. The number of carbonyl (C=O) groups excluding carboxylic acids is 1. The average molecular weight is 397 g/mol. The number of aromatic nitrogens is 2. The van der Waals surface area contributed by atoms with Crippen LogP contribution in [0.5, 0.6) is 5.75 Å². The number of phenolic OH excluding ortho intramolecular Hbond substituents is 1. The molecule has 0 bridgehead atoms. The van der Waals surface area contributed by atoms with E-state index in [-0.39, 0.29) is 29.3 Å². The second-order valence-electron chi connectivity index (χ2n) is 6.60. The van der Waals surface area contributed by atoms with Crippen molar-refractivity contribution in [3.63, 3.8) is 0 Å². The highest BCUT2D eigenvalue weighted by atomic mass is 16.5. The minimum absolute atomic E-state index is 0.0590. The molecule has 3 N–H and O–H groups in total. The standard InChI is InChI=1S/C21H23N3O5/c1-3-15-18(29-23-20(15)13-5-7-14(25)8-6-13)9-10-19(26)22-17-12-24(4-2)11-16(17)21(27)28/h5-8,11-12,25H,3-4,9-10H2,1-2H3,(H,22,26)(H,27,28). The summed E-state index contributed by atoms with van der Waals surface area (Å²) in [7, 11) is 0. The van der Waals surface area contributed by atoms with Gasteiger partial charge in [0.05, 0.1) is 5.69 Å². The predicted molar refractivity (Wildman–Crippen MR) is 107 cm³/mol. The molecule has 0 fully saturated rings. The second kappa shape index (κ2) is 8.64. The number of rotatable bonds is 8. The number of carboxylic acids is 1. The van der Waals surface area contributed by atoms with E-state index < -0.39 is 5.97 Å². The van der Waals surface area contributed by atoms with Crippen LogP contribution in [0.3, 0.4) is 0 Å². The van der Waals surface area contributed by atoms with E-state index in [1.54, 1.807) is 35.0 Å². The fraction of sp³-hybridized carbons (Fsp3) is 0.286.